The van der Waals surface area contributed by atoms with Crippen LogP contribution < -0.4 is 5.32 Å². The van der Waals surface area contributed by atoms with Gasteiger partial charge < -0.3 is 10.1 Å². The van der Waals surface area contributed by atoms with E-state index in [4.69, 9.17) is 4.74 Å². The minimum atomic E-state index is -3.62. The Morgan fingerprint density at radius 3 is 2.90 bits per heavy atom. The van der Waals surface area contributed by atoms with Crippen molar-refractivity contribution in [3.63, 3.8) is 0 Å². The number of rotatable bonds is 5. The SMILES string of the molecule is CCC1COCCN1S(=O)(=O)c1ccc(F)c(CNC)c1. The van der Waals surface area contributed by atoms with Crippen molar-refractivity contribution < 1.29 is 17.5 Å². The predicted molar refractivity (Wildman–Crippen MR) is 78.0 cm³/mol. The molecule has 1 fully saturated rings. The van der Waals surface area contributed by atoms with Gasteiger partial charge >= 0.3 is 0 Å². The average Bonchev–Trinajstić information content (AvgIpc) is 2.49. The third-order valence-corrected chi connectivity index (χ3v) is 5.58. The molecule has 1 saturated heterocycles. The first-order chi connectivity index (χ1) is 10.0. The number of nitrogens with one attached hydrogen (secondary N) is 1. The Morgan fingerprint density at radius 1 is 1.48 bits per heavy atom. The Balaban J connectivity index is 2.36. The number of hydrogen-bond acceptors (Lipinski definition) is 4. The van der Waals surface area contributed by atoms with Crippen LogP contribution >= 0.6 is 0 Å². The van der Waals surface area contributed by atoms with E-state index in [2.05, 4.69) is 5.32 Å². The molecule has 0 bridgehead atoms. The van der Waals surface area contributed by atoms with Crippen LogP contribution in [0.2, 0.25) is 0 Å². The van der Waals surface area contributed by atoms with E-state index in [1.807, 2.05) is 6.92 Å². The van der Waals surface area contributed by atoms with Crippen molar-refractivity contribution in [3.05, 3.63) is 29.6 Å². The van der Waals surface area contributed by atoms with Gasteiger partial charge in [-0.25, -0.2) is 12.8 Å². The first-order valence-corrected chi connectivity index (χ1v) is 8.47. The summed E-state index contributed by atoms with van der Waals surface area (Å²) in [7, 11) is -1.93. The van der Waals surface area contributed by atoms with E-state index in [9.17, 15) is 12.8 Å². The van der Waals surface area contributed by atoms with E-state index in [1.165, 1.54) is 22.5 Å². The van der Waals surface area contributed by atoms with Gasteiger partial charge in [0.2, 0.25) is 10.0 Å². The van der Waals surface area contributed by atoms with Crippen LogP contribution in [0.3, 0.4) is 0 Å². The molecule has 1 aromatic rings. The molecule has 0 amide bonds. The summed E-state index contributed by atoms with van der Waals surface area (Å²) in [5.74, 6) is -0.405. The third kappa shape index (κ3) is 3.42. The van der Waals surface area contributed by atoms with Gasteiger partial charge in [-0.1, -0.05) is 6.92 Å². The van der Waals surface area contributed by atoms with Crippen molar-refractivity contribution in [2.24, 2.45) is 0 Å². The summed E-state index contributed by atoms with van der Waals surface area (Å²) in [6.07, 6.45) is 0.684. The number of ether oxygens (including phenoxy) is 1. The Morgan fingerprint density at radius 2 is 2.24 bits per heavy atom. The van der Waals surface area contributed by atoms with Gasteiger partial charge in [-0.3, -0.25) is 0 Å². The molecule has 1 heterocycles. The van der Waals surface area contributed by atoms with Crippen LogP contribution in [0.4, 0.5) is 4.39 Å². The zero-order chi connectivity index (χ0) is 15.5. The summed E-state index contributed by atoms with van der Waals surface area (Å²) in [5, 5.41) is 2.83. The van der Waals surface area contributed by atoms with Gasteiger partial charge in [0.25, 0.3) is 0 Å². The fourth-order valence-electron chi connectivity index (χ4n) is 2.45. The summed E-state index contributed by atoms with van der Waals surface area (Å²) in [5.41, 5.74) is 0.347. The molecule has 1 aliphatic rings. The number of sulfonamides is 1. The minimum absolute atomic E-state index is 0.134. The van der Waals surface area contributed by atoms with E-state index in [-0.39, 0.29) is 17.5 Å². The lowest BCUT2D eigenvalue weighted by Gasteiger charge is -2.34. The maximum atomic E-state index is 13.7. The Hall–Kier alpha value is -1.02. The third-order valence-electron chi connectivity index (χ3n) is 3.64. The van der Waals surface area contributed by atoms with E-state index in [1.54, 1.807) is 7.05 Å². The molecule has 5 nitrogen and oxygen atoms in total. The molecular weight excluding hydrogens is 295 g/mol. The number of benzene rings is 1. The highest BCUT2D eigenvalue weighted by Gasteiger charge is 2.33. The molecule has 7 heteroatoms. The lowest BCUT2D eigenvalue weighted by atomic mass is 10.2. The highest BCUT2D eigenvalue weighted by atomic mass is 32.2. The maximum Gasteiger partial charge on any atom is 0.243 e. The molecule has 1 atom stereocenters. The molecule has 1 aromatic carbocycles. The van der Waals surface area contributed by atoms with Crippen LogP contribution in [-0.2, 0) is 21.3 Å². The fourth-order valence-corrected chi connectivity index (χ4v) is 4.17. The van der Waals surface area contributed by atoms with E-state index < -0.39 is 15.8 Å². The highest BCUT2D eigenvalue weighted by molar-refractivity contribution is 7.89. The van der Waals surface area contributed by atoms with Gasteiger partial charge in [-0.05, 0) is 31.7 Å². The Bertz CT molecular complexity index is 592. The van der Waals surface area contributed by atoms with Gasteiger partial charge in [-0.15, -0.1) is 0 Å². The van der Waals surface area contributed by atoms with Gasteiger partial charge in [0, 0.05) is 24.7 Å². The molecule has 2 rings (SSSR count). The predicted octanol–water partition coefficient (Wildman–Crippen LogP) is 1.34. The van der Waals surface area contributed by atoms with Crippen LogP contribution in [0.25, 0.3) is 0 Å². The van der Waals surface area contributed by atoms with Crippen LogP contribution in [0.1, 0.15) is 18.9 Å². The van der Waals surface area contributed by atoms with E-state index in [0.29, 0.717) is 31.7 Å². The average molecular weight is 316 g/mol. The first-order valence-electron chi connectivity index (χ1n) is 7.03. The summed E-state index contributed by atoms with van der Waals surface area (Å²) in [6.45, 7) is 3.34. The molecule has 1 N–H and O–H groups in total. The van der Waals surface area contributed by atoms with Gasteiger partial charge in [0.15, 0.2) is 0 Å². The van der Waals surface area contributed by atoms with Crippen LogP contribution in [-0.4, -0.2) is 45.6 Å². The summed E-state index contributed by atoms with van der Waals surface area (Å²) in [6, 6.07) is 3.78. The molecule has 0 spiro atoms. The number of hydrogen-bond donors (Lipinski definition) is 1. The number of nitrogens with zero attached hydrogens (tertiary/aromatic N) is 1. The maximum absolute atomic E-state index is 13.7. The zero-order valence-corrected chi connectivity index (χ0v) is 13.1. The number of halogens is 1. The highest BCUT2D eigenvalue weighted by Crippen LogP contribution is 2.23. The second kappa shape index (κ2) is 6.83. The molecule has 1 aliphatic heterocycles. The largest absolute Gasteiger partial charge is 0.378 e. The molecule has 118 valence electrons. The zero-order valence-electron chi connectivity index (χ0n) is 12.3. The first kappa shape index (κ1) is 16.4. The summed E-state index contributed by atoms with van der Waals surface area (Å²) >= 11 is 0. The molecular formula is C14H21FN2O3S. The smallest absolute Gasteiger partial charge is 0.243 e. The molecule has 1 unspecified atom stereocenters. The molecule has 0 aromatic heterocycles. The van der Waals surface area contributed by atoms with Gasteiger partial charge in [0.05, 0.1) is 18.1 Å². The number of morpholine rings is 1. The van der Waals surface area contributed by atoms with Crippen molar-refractivity contribution in [1.29, 1.82) is 0 Å². The second-order valence-corrected chi connectivity index (χ2v) is 6.93. The van der Waals surface area contributed by atoms with Gasteiger partial charge in [0.1, 0.15) is 5.82 Å². The van der Waals surface area contributed by atoms with Crippen molar-refractivity contribution in [2.75, 3.05) is 26.8 Å². The van der Waals surface area contributed by atoms with Crippen molar-refractivity contribution in [2.45, 2.75) is 30.8 Å². The quantitative estimate of drug-likeness (QED) is 0.891. The summed E-state index contributed by atoms with van der Waals surface area (Å²) < 4.78 is 46.0. The topological polar surface area (TPSA) is 58.6 Å². The summed E-state index contributed by atoms with van der Waals surface area (Å²) in [4.78, 5) is 0.134. The van der Waals surface area contributed by atoms with E-state index in [0.717, 1.165) is 0 Å². The standard InChI is InChI=1S/C14H21FN2O3S/c1-3-12-10-20-7-6-17(12)21(18,19)13-4-5-14(15)11(8-13)9-16-2/h4-5,8,12,16H,3,6-7,9-10H2,1-2H3. The second-order valence-electron chi connectivity index (χ2n) is 5.04. The van der Waals surface area contributed by atoms with Crippen LogP contribution in [0, 0.1) is 5.82 Å². The normalized spacial score (nSPS) is 20.6. The monoisotopic (exact) mass is 316 g/mol. The van der Waals surface area contributed by atoms with Crippen LogP contribution in [0.15, 0.2) is 23.1 Å². The fraction of sp³-hybridized carbons (Fsp3) is 0.571. The Kier molecular flexibility index (Phi) is 5.32. The minimum Gasteiger partial charge on any atom is -0.378 e. The molecule has 0 saturated carbocycles. The lowest BCUT2D eigenvalue weighted by molar-refractivity contribution is 0.0314. The Labute approximate surface area is 125 Å². The molecule has 0 radical (unpaired) electrons. The van der Waals surface area contributed by atoms with E-state index >= 15 is 0 Å². The molecule has 21 heavy (non-hydrogen) atoms. The van der Waals surface area contributed by atoms with Crippen molar-refractivity contribution >= 4 is 10.0 Å². The lowest BCUT2D eigenvalue weighted by Crippen LogP contribution is -2.48. The van der Waals surface area contributed by atoms with Crippen molar-refractivity contribution in [1.82, 2.24) is 9.62 Å². The van der Waals surface area contributed by atoms with Crippen molar-refractivity contribution in [3.8, 4) is 0 Å². The van der Waals surface area contributed by atoms with Gasteiger partial charge in [-0.2, -0.15) is 4.31 Å². The molecule has 0 aliphatic carbocycles. The van der Waals surface area contributed by atoms with Crippen LogP contribution in [0.5, 0.6) is 0 Å².